The van der Waals surface area contributed by atoms with Crippen molar-refractivity contribution in [2.45, 2.75) is 72.4 Å². The van der Waals surface area contributed by atoms with Gasteiger partial charge in [-0.25, -0.2) is 0 Å². The van der Waals surface area contributed by atoms with Crippen LogP contribution in [0.3, 0.4) is 0 Å². The number of hydrogen-bond acceptors (Lipinski definition) is 3. The molecule has 0 heterocycles. The van der Waals surface area contributed by atoms with Crippen LogP contribution in [0, 0.1) is 5.92 Å². The second-order valence-corrected chi connectivity index (χ2v) is 8.54. The first-order valence-electron chi connectivity index (χ1n) is 9.96. The molecule has 0 aliphatic heterocycles. The summed E-state index contributed by atoms with van der Waals surface area (Å²) in [5.41, 5.74) is 1.64. The Balaban J connectivity index is 2.79. The summed E-state index contributed by atoms with van der Waals surface area (Å²) < 4.78 is 0. The Hall–Kier alpha value is -2.37. The zero-order valence-corrected chi connectivity index (χ0v) is 18.2. The molecule has 0 aliphatic carbocycles. The summed E-state index contributed by atoms with van der Waals surface area (Å²) in [6.07, 6.45) is 0.824. The Bertz CT molecular complexity index is 675. The van der Waals surface area contributed by atoms with Crippen molar-refractivity contribution >= 4 is 17.7 Å². The van der Waals surface area contributed by atoms with E-state index in [0.29, 0.717) is 12.1 Å². The van der Waals surface area contributed by atoms with Gasteiger partial charge in [-0.3, -0.25) is 14.4 Å². The summed E-state index contributed by atoms with van der Waals surface area (Å²) in [5, 5.41) is 8.23. The number of amides is 3. The van der Waals surface area contributed by atoms with Crippen molar-refractivity contribution in [3.05, 3.63) is 35.4 Å². The number of carbonyl (C=O) groups is 3. The Morgan fingerprint density at radius 2 is 1.50 bits per heavy atom. The highest BCUT2D eigenvalue weighted by Crippen LogP contribution is 2.22. The molecule has 6 heteroatoms. The van der Waals surface area contributed by atoms with Crippen LogP contribution in [0.1, 0.15) is 70.8 Å². The maximum absolute atomic E-state index is 12.6. The minimum atomic E-state index is -0.726. The minimum absolute atomic E-state index is 0.00382. The van der Waals surface area contributed by atoms with Gasteiger partial charge in [-0.2, -0.15) is 0 Å². The van der Waals surface area contributed by atoms with Gasteiger partial charge in [0.05, 0.1) is 0 Å². The Kier molecular flexibility index (Phi) is 8.66. The molecule has 0 saturated heterocycles. The molecule has 6 nitrogen and oxygen atoms in total. The molecule has 1 aromatic rings. The summed E-state index contributed by atoms with van der Waals surface area (Å²) in [5.74, 6) is -1.03. The van der Waals surface area contributed by atoms with Crippen LogP contribution >= 0.6 is 0 Å². The Labute approximate surface area is 168 Å². The van der Waals surface area contributed by atoms with Crippen LogP contribution in [0.4, 0.5) is 0 Å². The average molecular weight is 390 g/mol. The second-order valence-electron chi connectivity index (χ2n) is 8.54. The van der Waals surface area contributed by atoms with Gasteiger partial charge < -0.3 is 16.0 Å². The first-order valence-corrected chi connectivity index (χ1v) is 9.96. The predicted molar refractivity (Wildman–Crippen MR) is 112 cm³/mol. The van der Waals surface area contributed by atoms with Crippen LogP contribution in [-0.2, 0) is 15.0 Å². The monoisotopic (exact) mass is 389 g/mol. The molecule has 0 spiro atoms. The number of hydrogen-bond donors (Lipinski definition) is 3. The highest BCUT2D eigenvalue weighted by molar-refractivity contribution is 5.98. The second kappa shape index (κ2) is 10.2. The molecule has 28 heavy (non-hydrogen) atoms. The minimum Gasteiger partial charge on any atom is -0.354 e. The zero-order chi connectivity index (χ0) is 21.5. The van der Waals surface area contributed by atoms with Crippen molar-refractivity contribution in [3.8, 4) is 0 Å². The van der Waals surface area contributed by atoms with Gasteiger partial charge in [0.25, 0.3) is 5.91 Å². The molecule has 0 bridgehead atoms. The molecular weight excluding hydrogens is 354 g/mol. The molecule has 0 radical (unpaired) electrons. The molecule has 0 aliphatic rings. The van der Waals surface area contributed by atoms with E-state index in [1.165, 1.54) is 0 Å². The van der Waals surface area contributed by atoms with Gasteiger partial charge in [0.15, 0.2) is 0 Å². The summed E-state index contributed by atoms with van der Waals surface area (Å²) in [6, 6.07) is 6.01. The van der Waals surface area contributed by atoms with Crippen molar-refractivity contribution in [2.75, 3.05) is 6.54 Å². The van der Waals surface area contributed by atoms with E-state index in [1.54, 1.807) is 19.1 Å². The first kappa shape index (κ1) is 23.7. The van der Waals surface area contributed by atoms with Gasteiger partial charge in [-0.1, -0.05) is 53.7 Å². The van der Waals surface area contributed by atoms with E-state index >= 15 is 0 Å². The molecule has 156 valence electrons. The molecule has 0 fully saturated rings. The predicted octanol–water partition coefficient (Wildman–Crippen LogP) is 2.77. The Morgan fingerprint density at radius 1 is 0.929 bits per heavy atom. The van der Waals surface area contributed by atoms with Crippen molar-refractivity contribution in [1.29, 1.82) is 0 Å². The van der Waals surface area contributed by atoms with E-state index in [2.05, 4.69) is 36.7 Å². The quantitative estimate of drug-likeness (QED) is 0.639. The van der Waals surface area contributed by atoms with Crippen LogP contribution in [-0.4, -0.2) is 36.3 Å². The smallest absolute Gasteiger partial charge is 0.251 e. The fraction of sp³-hybridized carbons (Fsp3) is 0.591. The van der Waals surface area contributed by atoms with Crippen LogP contribution in [0.15, 0.2) is 24.3 Å². The summed E-state index contributed by atoms with van der Waals surface area (Å²) in [4.78, 5) is 37.2. The topological polar surface area (TPSA) is 87.3 Å². The van der Waals surface area contributed by atoms with Gasteiger partial charge in [0, 0.05) is 12.1 Å². The highest BCUT2D eigenvalue weighted by atomic mass is 16.2. The summed E-state index contributed by atoms with van der Waals surface area (Å²) in [6.45, 7) is 14.2. The third kappa shape index (κ3) is 6.98. The lowest BCUT2D eigenvalue weighted by Gasteiger charge is -2.24. The maximum atomic E-state index is 12.6. The maximum Gasteiger partial charge on any atom is 0.251 e. The fourth-order valence-corrected chi connectivity index (χ4v) is 2.65. The first-order chi connectivity index (χ1) is 13.0. The van der Waals surface area contributed by atoms with E-state index in [0.717, 1.165) is 12.0 Å². The molecule has 0 unspecified atom stereocenters. The van der Waals surface area contributed by atoms with Gasteiger partial charge in [-0.05, 0) is 42.4 Å². The van der Waals surface area contributed by atoms with Gasteiger partial charge in [0.2, 0.25) is 11.8 Å². The van der Waals surface area contributed by atoms with Crippen LogP contribution in [0.2, 0.25) is 0 Å². The molecular formula is C22H35N3O3. The van der Waals surface area contributed by atoms with Crippen molar-refractivity contribution < 1.29 is 14.4 Å². The third-order valence-electron chi connectivity index (χ3n) is 4.55. The van der Waals surface area contributed by atoms with Crippen LogP contribution < -0.4 is 16.0 Å². The largest absolute Gasteiger partial charge is 0.354 e. The van der Waals surface area contributed by atoms with Crippen molar-refractivity contribution in [2.24, 2.45) is 5.92 Å². The van der Waals surface area contributed by atoms with Crippen molar-refractivity contribution in [3.63, 3.8) is 0 Å². The standard InChI is InChI=1S/C22H35N3O3/c1-8-13-23-19(26)15(4)24-21(28)18(14(2)3)25-20(27)16-9-11-17(12-10-16)22(5,6)7/h9-12,14-15,18H,8,13H2,1-7H3,(H,23,26)(H,24,28)(H,25,27)/t15-,18+/m1/s1. The van der Waals surface area contributed by atoms with Crippen molar-refractivity contribution in [1.82, 2.24) is 16.0 Å². The molecule has 0 saturated carbocycles. The summed E-state index contributed by atoms with van der Waals surface area (Å²) >= 11 is 0. The van der Waals surface area contributed by atoms with E-state index in [-0.39, 0.29) is 29.1 Å². The van der Waals surface area contributed by atoms with Gasteiger partial charge >= 0.3 is 0 Å². The molecule has 0 aromatic heterocycles. The van der Waals surface area contributed by atoms with Gasteiger partial charge in [-0.15, -0.1) is 0 Å². The number of benzene rings is 1. The normalized spacial score (nSPS) is 13.6. The van der Waals surface area contributed by atoms with E-state index in [9.17, 15) is 14.4 Å². The number of nitrogens with one attached hydrogen (secondary N) is 3. The van der Waals surface area contributed by atoms with Crippen LogP contribution in [0.25, 0.3) is 0 Å². The van der Waals surface area contributed by atoms with E-state index in [4.69, 9.17) is 0 Å². The molecule has 1 aromatic carbocycles. The molecule has 1 rings (SSSR count). The lowest BCUT2D eigenvalue weighted by Crippen LogP contribution is -2.54. The van der Waals surface area contributed by atoms with Crippen LogP contribution in [0.5, 0.6) is 0 Å². The van der Waals surface area contributed by atoms with E-state index < -0.39 is 12.1 Å². The lowest BCUT2D eigenvalue weighted by atomic mass is 9.86. The number of carbonyl (C=O) groups excluding carboxylic acids is 3. The zero-order valence-electron chi connectivity index (χ0n) is 18.2. The SMILES string of the molecule is CCCNC(=O)[C@@H](C)NC(=O)[C@@H](NC(=O)c1ccc(C(C)(C)C)cc1)C(C)C. The lowest BCUT2D eigenvalue weighted by molar-refractivity contribution is -0.130. The third-order valence-corrected chi connectivity index (χ3v) is 4.55. The molecule has 3 N–H and O–H groups in total. The van der Waals surface area contributed by atoms with E-state index in [1.807, 2.05) is 32.9 Å². The average Bonchev–Trinajstić information content (AvgIpc) is 2.62. The molecule has 3 amide bonds. The highest BCUT2D eigenvalue weighted by Gasteiger charge is 2.27. The molecule has 2 atom stereocenters. The van der Waals surface area contributed by atoms with Gasteiger partial charge in [0.1, 0.15) is 12.1 Å². The Morgan fingerprint density at radius 3 is 1.96 bits per heavy atom. The summed E-state index contributed by atoms with van der Waals surface area (Å²) in [7, 11) is 0. The fourth-order valence-electron chi connectivity index (χ4n) is 2.65. The number of rotatable bonds is 8.